The summed E-state index contributed by atoms with van der Waals surface area (Å²) < 4.78 is 11.2. The number of rotatable bonds is 6. The highest BCUT2D eigenvalue weighted by atomic mass is 16.7. The van der Waals surface area contributed by atoms with Crippen molar-refractivity contribution >= 4 is 11.6 Å². The number of hydrogen-bond acceptors (Lipinski definition) is 4. The topological polar surface area (TPSA) is 73.6 Å². The second-order valence-electron chi connectivity index (χ2n) is 4.65. The van der Waals surface area contributed by atoms with Gasteiger partial charge in [-0.25, -0.2) is 0 Å². The van der Waals surface area contributed by atoms with E-state index in [1.165, 1.54) is 0 Å². The van der Waals surface area contributed by atoms with E-state index in [0.29, 0.717) is 19.4 Å². The smallest absolute Gasteiger partial charge is 0.228 e. The number of carbonyl (C=O) groups is 1. The molecule has 0 unspecified atom stereocenters. The number of nitrogens with two attached hydrogens (primary N) is 1. The molecule has 1 amide bonds. The van der Waals surface area contributed by atoms with Crippen LogP contribution < -0.4 is 11.1 Å². The summed E-state index contributed by atoms with van der Waals surface area (Å²) in [7, 11) is 3.24. The van der Waals surface area contributed by atoms with Gasteiger partial charge in [0, 0.05) is 31.9 Å². The lowest BCUT2D eigenvalue weighted by Crippen LogP contribution is -2.31. The van der Waals surface area contributed by atoms with Gasteiger partial charge >= 0.3 is 0 Å². The van der Waals surface area contributed by atoms with Gasteiger partial charge in [0.2, 0.25) is 5.91 Å². The van der Waals surface area contributed by atoms with Gasteiger partial charge in [-0.05, 0) is 30.7 Å². The molecule has 1 aromatic carbocycles. The maximum Gasteiger partial charge on any atom is 0.228 e. The molecule has 0 aromatic heterocycles. The first-order valence-electron chi connectivity index (χ1n) is 6.39. The third-order valence-corrected chi connectivity index (χ3v) is 3.54. The van der Waals surface area contributed by atoms with E-state index in [0.717, 1.165) is 23.2 Å². The third-order valence-electron chi connectivity index (χ3n) is 3.54. The van der Waals surface area contributed by atoms with Gasteiger partial charge in [-0.2, -0.15) is 0 Å². The van der Waals surface area contributed by atoms with Crippen molar-refractivity contribution in [3.05, 3.63) is 29.3 Å². The molecule has 0 saturated heterocycles. The number of ether oxygens (including phenoxy) is 2. The van der Waals surface area contributed by atoms with Crippen LogP contribution in [0.2, 0.25) is 0 Å². The second kappa shape index (κ2) is 5.69. The van der Waals surface area contributed by atoms with Crippen LogP contribution in [0, 0.1) is 0 Å². The minimum absolute atomic E-state index is 0.0227. The van der Waals surface area contributed by atoms with Crippen molar-refractivity contribution in [3.8, 4) is 0 Å². The molecule has 1 aliphatic rings. The van der Waals surface area contributed by atoms with Crippen LogP contribution in [0.3, 0.4) is 0 Å². The average Bonchev–Trinajstić information content (AvgIpc) is 2.80. The number of hydrogen-bond donors (Lipinski definition) is 2. The summed E-state index contributed by atoms with van der Waals surface area (Å²) in [5.74, 6) is -0.769. The molecule has 0 atom stereocenters. The number of amides is 1. The van der Waals surface area contributed by atoms with E-state index in [1.54, 1.807) is 14.2 Å². The highest BCUT2D eigenvalue weighted by Crippen LogP contribution is 2.34. The van der Waals surface area contributed by atoms with Gasteiger partial charge in [-0.1, -0.05) is 6.07 Å². The number of anilines is 1. The Bertz CT molecular complexity index is 470. The highest BCUT2D eigenvalue weighted by molar-refractivity contribution is 5.99. The van der Waals surface area contributed by atoms with E-state index in [4.69, 9.17) is 15.2 Å². The fraction of sp³-hybridized carbons (Fsp3) is 0.500. The molecule has 0 aliphatic carbocycles. The normalized spacial score (nSPS) is 14.4. The Morgan fingerprint density at radius 3 is 2.74 bits per heavy atom. The van der Waals surface area contributed by atoms with Crippen molar-refractivity contribution in [2.75, 3.05) is 26.1 Å². The van der Waals surface area contributed by atoms with E-state index in [-0.39, 0.29) is 5.91 Å². The largest absolute Gasteiger partial charge is 0.349 e. The third kappa shape index (κ3) is 2.63. The number of carbonyl (C=O) groups excluding carboxylic acids is 1. The number of benzene rings is 1. The van der Waals surface area contributed by atoms with E-state index in [9.17, 15) is 4.79 Å². The predicted octanol–water partition coefficient (Wildman–Crippen LogP) is 1.37. The monoisotopic (exact) mass is 264 g/mol. The lowest BCUT2D eigenvalue weighted by Gasteiger charge is -2.31. The van der Waals surface area contributed by atoms with Crippen molar-refractivity contribution in [2.24, 2.45) is 5.73 Å². The molecule has 0 saturated carbocycles. The van der Waals surface area contributed by atoms with Crippen molar-refractivity contribution in [2.45, 2.75) is 25.0 Å². The molecule has 0 bridgehead atoms. The molecule has 1 aromatic rings. The Labute approximate surface area is 113 Å². The quantitative estimate of drug-likeness (QED) is 0.761. The van der Waals surface area contributed by atoms with Crippen LogP contribution in [0.15, 0.2) is 18.2 Å². The van der Waals surface area contributed by atoms with Gasteiger partial charge in [0.1, 0.15) is 0 Å². The summed E-state index contributed by atoms with van der Waals surface area (Å²) in [5.41, 5.74) is 8.33. The SMILES string of the molecule is COC(CCCN)(OC)c1ccc2c(c1)CC(=O)N2. The number of nitrogens with one attached hydrogen (secondary N) is 1. The van der Waals surface area contributed by atoms with Crippen LogP contribution in [0.5, 0.6) is 0 Å². The Morgan fingerprint density at radius 1 is 1.37 bits per heavy atom. The molecule has 2 rings (SSSR count). The average molecular weight is 264 g/mol. The summed E-state index contributed by atoms with van der Waals surface area (Å²) in [4.78, 5) is 11.4. The Morgan fingerprint density at radius 2 is 2.11 bits per heavy atom. The first kappa shape index (κ1) is 14.0. The molecule has 5 heteroatoms. The molecule has 19 heavy (non-hydrogen) atoms. The predicted molar refractivity (Wildman–Crippen MR) is 72.8 cm³/mol. The van der Waals surface area contributed by atoms with Crippen molar-refractivity contribution in [1.29, 1.82) is 0 Å². The van der Waals surface area contributed by atoms with E-state index < -0.39 is 5.79 Å². The summed E-state index contributed by atoms with van der Waals surface area (Å²) >= 11 is 0. The molecule has 5 nitrogen and oxygen atoms in total. The fourth-order valence-corrected chi connectivity index (χ4v) is 2.47. The lowest BCUT2D eigenvalue weighted by molar-refractivity contribution is -0.220. The minimum atomic E-state index is -0.792. The lowest BCUT2D eigenvalue weighted by atomic mass is 9.97. The molecular weight excluding hydrogens is 244 g/mol. The Hall–Kier alpha value is -1.43. The summed E-state index contributed by atoms with van der Waals surface area (Å²) in [5, 5.41) is 2.81. The van der Waals surface area contributed by atoms with E-state index in [2.05, 4.69) is 5.32 Å². The number of methoxy groups -OCH3 is 2. The van der Waals surface area contributed by atoms with Crippen LogP contribution in [-0.2, 0) is 26.5 Å². The van der Waals surface area contributed by atoms with Crippen LogP contribution in [0.25, 0.3) is 0 Å². The molecule has 0 radical (unpaired) electrons. The molecule has 3 N–H and O–H groups in total. The second-order valence-corrected chi connectivity index (χ2v) is 4.65. The van der Waals surface area contributed by atoms with Crippen LogP contribution >= 0.6 is 0 Å². The maximum absolute atomic E-state index is 11.4. The standard InChI is InChI=1S/C14H20N2O3/c1-18-14(19-2,6-3-7-15)11-4-5-12-10(8-11)9-13(17)16-12/h4-5,8H,3,6-7,9,15H2,1-2H3,(H,16,17). The van der Waals surface area contributed by atoms with Crippen molar-refractivity contribution in [1.82, 2.24) is 0 Å². The summed E-state index contributed by atoms with van der Waals surface area (Å²) in [6, 6.07) is 5.79. The molecular formula is C14H20N2O3. The maximum atomic E-state index is 11.4. The van der Waals surface area contributed by atoms with Gasteiger partial charge in [0.05, 0.1) is 6.42 Å². The highest BCUT2D eigenvalue weighted by Gasteiger charge is 2.32. The first-order chi connectivity index (χ1) is 9.15. The molecule has 104 valence electrons. The molecule has 1 heterocycles. The van der Waals surface area contributed by atoms with E-state index >= 15 is 0 Å². The van der Waals surface area contributed by atoms with E-state index in [1.807, 2.05) is 18.2 Å². The van der Waals surface area contributed by atoms with Gasteiger partial charge in [-0.15, -0.1) is 0 Å². The zero-order chi connectivity index (χ0) is 13.9. The first-order valence-corrected chi connectivity index (χ1v) is 6.39. The van der Waals surface area contributed by atoms with Gasteiger partial charge in [-0.3, -0.25) is 4.79 Å². The fourth-order valence-electron chi connectivity index (χ4n) is 2.47. The van der Waals surface area contributed by atoms with Crippen molar-refractivity contribution < 1.29 is 14.3 Å². The molecule has 0 spiro atoms. The van der Waals surface area contributed by atoms with Gasteiger partial charge in [0.25, 0.3) is 0 Å². The van der Waals surface area contributed by atoms with Crippen LogP contribution in [0.4, 0.5) is 5.69 Å². The van der Waals surface area contributed by atoms with Gasteiger partial charge < -0.3 is 20.5 Å². The zero-order valence-corrected chi connectivity index (χ0v) is 11.4. The zero-order valence-electron chi connectivity index (χ0n) is 11.4. The molecule has 0 fully saturated rings. The summed E-state index contributed by atoms with van der Waals surface area (Å²) in [6.07, 6.45) is 1.89. The van der Waals surface area contributed by atoms with Crippen molar-refractivity contribution in [3.63, 3.8) is 0 Å². The number of fused-ring (bicyclic) bond motifs is 1. The Kier molecular flexibility index (Phi) is 4.19. The van der Waals surface area contributed by atoms with Crippen LogP contribution in [-0.4, -0.2) is 26.7 Å². The minimum Gasteiger partial charge on any atom is -0.349 e. The summed E-state index contributed by atoms with van der Waals surface area (Å²) in [6.45, 7) is 0.583. The van der Waals surface area contributed by atoms with Gasteiger partial charge in [0.15, 0.2) is 5.79 Å². The Balaban J connectivity index is 2.32. The van der Waals surface area contributed by atoms with Crippen LogP contribution in [0.1, 0.15) is 24.0 Å². The molecule has 1 aliphatic heterocycles.